The van der Waals surface area contributed by atoms with Gasteiger partial charge in [0.25, 0.3) is 5.91 Å². The molecule has 0 aliphatic carbocycles. The highest BCUT2D eigenvalue weighted by Crippen LogP contribution is 2.34. The summed E-state index contributed by atoms with van der Waals surface area (Å²) in [4.78, 5) is 31.1. The van der Waals surface area contributed by atoms with Gasteiger partial charge < -0.3 is 15.0 Å². The van der Waals surface area contributed by atoms with Gasteiger partial charge in [-0.25, -0.2) is 4.98 Å². The molecule has 0 saturated heterocycles. The molecule has 144 valence electrons. The van der Waals surface area contributed by atoms with Crippen molar-refractivity contribution in [2.45, 2.75) is 23.8 Å². The van der Waals surface area contributed by atoms with Crippen molar-refractivity contribution in [1.29, 1.82) is 0 Å². The lowest BCUT2D eigenvalue weighted by molar-refractivity contribution is -0.125. The number of hydrogen-bond donors (Lipinski definition) is 1. The highest BCUT2D eigenvalue weighted by Gasteiger charge is 2.31. The molecule has 0 fully saturated rings. The number of amides is 2. The first kappa shape index (κ1) is 18.8. The van der Waals surface area contributed by atoms with E-state index in [-0.39, 0.29) is 18.2 Å². The van der Waals surface area contributed by atoms with Gasteiger partial charge in [0.2, 0.25) is 5.91 Å². The molecule has 2 heterocycles. The summed E-state index contributed by atoms with van der Waals surface area (Å²) < 4.78 is 7.66. The molecule has 1 unspecified atom stereocenters. The van der Waals surface area contributed by atoms with Crippen LogP contribution in [0.5, 0.6) is 5.75 Å². The second-order valence-electron chi connectivity index (χ2n) is 6.38. The van der Waals surface area contributed by atoms with Gasteiger partial charge in [-0.15, -0.1) is 11.3 Å². The van der Waals surface area contributed by atoms with Crippen LogP contribution < -0.4 is 15.0 Å². The molecule has 0 bridgehead atoms. The van der Waals surface area contributed by atoms with Gasteiger partial charge in [-0.1, -0.05) is 23.9 Å². The Morgan fingerprint density at radius 3 is 2.96 bits per heavy atom. The number of anilines is 2. The summed E-state index contributed by atoms with van der Waals surface area (Å²) in [6.45, 7) is 2.02. The lowest BCUT2D eigenvalue weighted by atomic mass is 10.1. The molecule has 1 aliphatic heterocycles. The van der Waals surface area contributed by atoms with E-state index < -0.39 is 6.10 Å². The number of aromatic nitrogens is 1. The number of fused-ring (bicyclic) bond motifs is 2. The minimum Gasteiger partial charge on any atom is -0.479 e. The average molecular weight is 414 g/mol. The van der Waals surface area contributed by atoms with Crippen LogP contribution in [-0.4, -0.2) is 35.7 Å². The van der Waals surface area contributed by atoms with Gasteiger partial charge in [0.05, 0.1) is 15.9 Å². The summed E-state index contributed by atoms with van der Waals surface area (Å²) in [7, 11) is 0. The molecule has 8 heteroatoms. The SMILES string of the molecule is CSc1nc2ccc(NC(=O)CCN3C(=O)C(C)Oc4ccccc43)cc2s1. The average Bonchev–Trinajstić information content (AvgIpc) is 3.11. The molecule has 0 spiro atoms. The Morgan fingerprint density at radius 2 is 2.14 bits per heavy atom. The fourth-order valence-corrected chi connectivity index (χ4v) is 4.62. The van der Waals surface area contributed by atoms with Crippen molar-refractivity contribution >= 4 is 56.5 Å². The zero-order valence-corrected chi connectivity index (χ0v) is 17.1. The van der Waals surface area contributed by atoms with Crippen LogP contribution in [-0.2, 0) is 9.59 Å². The lowest BCUT2D eigenvalue weighted by Crippen LogP contribution is -2.45. The molecular weight excluding hydrogens is 394 g/mol. The van der Waals surface area contributed by atoms with Crippen molar-refractivity contribution in [2.75, 3.05) is 23.0 Å². The van der Waals surface area contributed by atoms with Crippen molar-refractivity contribution in [3.63, 3.8) is 0 Å². The number of hydrogen-bond acceptors (Lipinski definition) is 6. The number of thiazole rings is 1. The third-order valence-electron chi connectivity index (χ3n) is 4.46. The predicted molar refractivity (Wildman–Crippen MR) is 114 cm³/mol. The Bertz CT molecular complexity index is 1050. The van der Waals surface area contributed by atoms with E-state index in [4.69, 9.17) is 4.74 Å². The first-order valence-corrected chi connectivity index (χ1v) is 10.9. The maximum Gasteiger partial charge on any atom is 0.267 e. The van der Waals surface area contributed by atoms with E-state index >= 15 is 0 Å². The van der Waals surface area contributed by atoms with Gasteiger partial charge in [-0.2, -0.15) is 0 Å². The van der Waals surface area contributed by atoms with Crippen LogP contribution in [0, 0.1) is 0 Å². The van der Waals surface area contributed by atoms with Crippen LogP contribution in [0.2, 0.25) is 0 Å². The highest BCUT2D eigenvalue weighted by atomic mass is 32.2. The Kier molecular flexibility index (Phi) is 5.23. The Morgan fingerprint density at radius 1 is 1.32 bits per heavy atom. The summed E-state index contributed by atoms with van der Waals surface area (Å²) in [5.74, 6) is 0.385. The van der Waals surface area contributed by atoms with E-state index in [1.54, 1.807) is 34.9 Å². The van der Waals surface area contributed by atoms with Crippen molar-refractivity contribution in [2.24, 2.45) is 0 Å². The molecule has 1 aromatic heterocycles. The maximum absolute atomic E-state index is 12.5. The van der Waals surface area contributed by atoms with E-state index in [1.165, 1.54) is 0 Å². The normalized spacial score (nSPS) is 16.0. The number of benzene rings is 2. The standard InChI is InChI=1S/C20H19N3O3S2/c1-12-19(25)23(15-5-3-4-6-16(15)26-12)10-9-18(24)21-13-7-8-14-17(11-13)28-20(22-14)27-2/h3-8,11-12H,9-10H2,1-2H3,(H,21,24). The first-order valence-electron chi connectivity index (χ1n) is 8.86. The molecule has 3 aromatic rings. The number of carbonyl (C=O) groups is 2. The van der Waals surface area contributed by atoms with Gasteiger partial charge in [0.1, 0.15) is 5.75 Å². The van der Waals surface area contributed by atoms with Crippen LogP contribution in [0.15, 0.2) is 46.8 Å². The van der Waals surface area contributed by atoms with Gasteiger partial charge >= 0.3 is 0 Å². The third kappa shape index (κ3) is 3.70. The van der Waals surface area contributed by atoms with Crippen molar-refractivity contribution in [1.82, 2.24) is 4.98 Å². The molecule has 4 rings (SSSR count). The van der Waals surface area contributed by atoms with E-state index in [0.717, 1.165) is 20.2 Å². The summed E-state index contributed by atoms with van der Waals surface area (Å²) in [6, 6.07) is 13.1. The summed E-state index contributed by atoms with van der Waals surface area (Å²) in [6.07, 6.45) is 1.63. The molecule has 28 heavy (non-hydrogen) atoms. The molecule has 0 radical (unpaired) electrons. The lowest BCUT2D eigenvalue weighted by Gasteiger charge is -2.32. The molecule has 1 atom stereocenters. The number of carbonyl (C=O) groups excluding carboxylic acids is 2. The van der Waals surface area contributed by atoms with Gasteiger partial charge in [-0.3, -0.25) is 9.59 Å². The molecule has 2 aromatic carbocycles. The summed E-state index contributed by atoms with van der Waals surface area (Å²) >= 11 is 3.21. The predicted octanol–water partition coefficient (Wildman–Crippen LogP) is 4.16. The fraction of sp³-hybridized carbons (Fsp3) is 0.250. The second kappa shape index (κ2) is 7.81. The van der Waals surface area contributed by atoms with Crippen LogP contribution in [0.1, 0.15) is 13.3 Å². The van der Waals surface area contributed by atoms with Gasteiger partial charge in [0, 0.05) is 18.7 Å². The molecule has 0 saturated carbocycles. The van der Waals surface area contributed by atoms with E-state index in [2.05, 4.69) is 10.3 Å². The topological polar surface area (TPSA) is 71.5 Å². The minimum atomic E-state index is -0.558. The maximum atomic E-state index is 12.5. The van der Waals surface area contributed by atoms with Gasteiger partial charge in [-0.05, 0) is 43.5 Å². The molecule has 6 nitrogen and oxygen atoms in total. The molecule has 1 N–H and O–H groups in total. The van der Waals surface area contributed by atoms with E-state index in [0.29, 0.717) is 18.0 Å². The summed E-state index contributed by atoms with van der Waals surface area (Å²) in [5, 5.41) is 2.91. The number of nitrogens with zero attached hydrogens (tertiary/aromatic N) is 2. The minimum absolute atomic E-state index is 0.137. The van der Waals surface area contributed by atoms with E-state index in [9.17, 15) is 9.59 Å². The number of rotatable bonds is 5. The largest absolute Gasteiger partial charge is 0.479 e. The third-order valence-corrected chi connectivity index (χ3v) is 6.47. The molecule has 1 aliphatic rings. The Balaban J connectivity index is 1.44. The fourth-order valence-electron chi connectivity index (χ4n) is 3.09. The number of para-hydroxylation sites is 2. The highest BCUT2D eigenvalue weighted by molar-refractivity contribution is 8.00. The second-order valence-corrected chi connectivity index (χ2v) is 8.47. The quantitative estimate of drug-likeness (QED) is 0.636. The van der Waals surface area contributed by atoms with Gasteiger partial charge in [0.15, 0.2) is 10.4 Å². The number of nitrogens with one attached hydrogen (secondary N) is 1. The van der Waals surface area contributed by atoms with Crippen LogP contribution in [0.25, 0.3) is 10.2 Å². The van der Waals surface area contributed by atoms with Crippen molar-refractivity contribution < 1.29 is 14.3 Å². The van der Waals surface area contributed by atoms with Crippen molar-refractivity contribution in [3.05, 3.63) is 42.5 Å². The van der Waals surface area contributed by atoms with Crippen LogP contribution in [0.4, 0.5) is 11.4 Å². The Labute approximate surface area is 170 Å². The van der Waals surface area contributed by atoms with E-state index in [1.807, 2.05) is 48.7 Å². The number of ether oxygens (including phenoxy) is 1. The summed E-state index contributed by atoms with van der Waals surface area (Å²) in [5.41, 5.74) is 2.36. The monoisotopic (exact) mass is 413 g/mol. The van der Waals surface area contributed by atoms with Crippen molar-refractivity contribution in [3.8, 4) is 5.75 Å². The zero-order chi connectivity index (χ0) is 19.7. The Hall–Kier alpha value is -2.58. The van der Waals surface area contributed by atoms with Crippen LogP contribution >= 0.6 is 23.1 Å². The smallest absolute Gasteiger partial charge is 0.267 e. The molecular formula is C20H19N3O3S2. The first-order chi connectivity index (χ1) is 13.5. The number of thioether (sulfide) groups is 1. The van der Waals surface area contributed by atoms with Crippen LogP contribution in [0.3, 0.4) is 0 Å². The molecule has 2 amide bonds. The zero-order valence-electron chi connectivity index (χ0n) is 15.5.